The van der Waals surface area contributed by atoms with E-state index < -0.39 is 0 Å². The molecule has 3 aromatic rings. The third-order valence-electron chi connectivity index (χ3n) is 7.58. The quantitative estimate of drug-likeness (QED) is 0.175. The number of hydrogen-bond donors (Lipinski definition) is 6. The topological polar surface area (TPSA) is 171 Å². The van der Waals surface area contributed by atoms with Crippen LogP contribution in [0.5, 0.6) is 0 Å². The van der Waals surface area contributed by atoms with E-state index in [4.69, 9.17) is 11.5 Å². The van der Waals surface area contributed by atoms with Crippen LogP contribution in [0, 0.1) is 23.7 Å². The number of benzene rings is 2. The summed E-state index contributed by atoms with van der Waals surface area (Å²) in [6.07, 6.45) is 5.67. The standard InChI is InChI=1S/C29H38N8O3/c1-19-24(6-3-7-25(19)23-5-2-4-22(12-23)14-32-18-27(31)38)16-34-29-35-17-26(37(39)40)28(36-29)33-15-21-10-8-20(13-30)9-11-21/h2-7,12,17,20-21,32H,8-11,13-16,18,30H2,1H3,(H4-,31,33,34,35,36,38,39,40)/p+1/t20-,21-. The van der Waals surface area contributed by atoms with Gasteiger partial charge in [-0.1, -0.05) is 36.4 Å². The summed E-state index contributed by atoms with van der Waals surface area (Å²) in [5.41, 5.74) is 16.4. The summed E-state index contributed by atoms with van der Waals surface area (Å²) >= 11 is 0. The number of aromatic nitrogens is 2. The van der Waals surface area contributed by atoms with E-state index in [2.05, 4.69) is 51.0 Å². The number of hydrogen-bond acceptors (Lipinski definition) is 8. The van der Waals surface area contributed by atoms with E-state index in [1.165, 1.54) is 6.20 Å². The van der Waals surface area contributed by atoms with Crippen LogP contribution in [0.3, 0.4) is 0 Å². The maximum Gasteiger partial charge on any atom is 0.376 e. The number of primary amides is 1. The predicted molar refractivity (Wildman–Crippen MR) is 155 cm³/mol. The van der Waals surface area contributed by atoms with Crippen LogP contribution in [0.1, 0.15) is 42.4 Å². The van der Waals surface area contributed by atoms with Crippen molar-refractivity contribution in [1.82, 2.24) is 15.3 Å². The maximum atomic E-state index is 11.7. The lowest BCUT2D eigenvalue weighted by molar-refractivity contribution is -0.729. The van der Waals surface area contributed by atoms with Gasteiger partial charge < -0.3 is 27.4 Å². The number of nitrogens with zero attached hydrogens (tertiary/aromatic N) is 3. The normalized spacial score (nSPS) is 16.9. The van der Waals surface area contributed by atoms with Crippen molar-refractivity contribution in [3.8, 4) is 11.1 Å². The van der Waals surface area contributed by atoms with E-state index in [1.54, 1.807) is 0 Å². The van der Waals surface area contributed by atoms with Gasteiger partial charge in [0.05, 0.1) is 11.5 Å². The van der Waals surface area contributed by atoms with Gasteiger partial charge in [-0.15, -0.1) is 0 Å². The molecule has 11 heteroatoms. The Kier molecular flexibility index (Phi) is 9.98. The molecule has 0 bridgehead atoms. The highest BCUT2D eigenvalue weighted by Crippen LogP contribution is 2.30. The molecule has 0 atom stereocenters. The molecule has 40 heavy (non-hydrogen) atoms. The smallest absolute Gasteiger partial charge is 0.369 e. The fourth-order valence-corrected chi connectivity index (χ4v) is 5.18. The van der Waals surface area contributed by atoms with Crippen molar-refractivity contribution in [1.29, 1.82) is 0 Å². The fourth-order valence-electron chi connectivity index (χ4n) is 5.18. The molecule has 11 nitrogen and oxygen atoms in total. The molecule has 0 aliphatic heterocycles. The zero-order valence-corrected chi connectivity index (χ0v) is 22.9. The molecule has 0 saturated heterocycles. The highest BCUT2D eigenvalue weighted by Gasteiger charge is 2.25. The molecule has 0 radical (unpaired) electrons. The van der Waals surface area contributed by atoms with Gasteiger partial charge in [0.25, 0.3) is 4.92 Å². The first-order valence-electron chi connectivity index (χ1n) is 13.7. The molecule has 1 aromatic heterocycles. The van der Waals surface area contributed by atoms with Crippen molar-refractivity contribution < 1.29 is 14.9 Å². The third-order valence-corrected chi connectivity index (χ3v) is 7.58. The summed E-state index contributed by atoms with van der Waals surface area (Å²) < 4.78 is 0. The summed E-state index contributed by atoms with van der Waals surface area (Å²) in [5.74, 6) is 1.31. The van der Waals surface area contributed by atoms with Crippen molar-refractivity contribution in [3.63, 3.8) is 0 Å². The molecule has 2 aromatic carbocycles. The number of nitrogens with one attached hydrogen (secondary N) is 3. The average molecular weight is 548 g/mol. The number of carbonyl (C=O) groups excluding carboxylic acids is 1. The second kappa shape index (κ2) is 13.8. The number of anilines is 2. The molecule has 4 rings (SSSR count). The number of nitrogens with two attached hydrogens (primary N) is 2. The summed E-state index contributed by atoms with van der Waals surface area (Å²) in [6.45, 7) is 4.61. The minimum Gasteiger partial charge on any atom is -0.369 e. The monoisotopic (exact) mass is 547 g/mol. The molecule has 1 saturated carbocycles. The second-order valence-electron chi connectivity index (χ2n) is 10.4. The van der Waals surface area contributed by atoms with Gasteiger partial charge in [-0.3, -0.25) is 4.79 Å². The largest absolute Gasteiger partial charge is 0.376 e. The summed E-state index contributed by atoms with van der Waals surface area (Å²) in [7, 11) is 0. The van der Waals surface area contributed by atoms with Gasteiger partial charge in [0.1, 0.15) is 6.20 Å². The third kappa shape index (κ3) is 7.73. The van der Waals surface area contributed by atoms with Gasteiger partial charge in [0.15, 0.2) is 0 Å². The van der Waals surface area contributed by atoms with Crippen LogP contribution < -0.4 is 27.4 Å². The average Bonchev–Trinajstić information content (AvgIpc) is 2.95. The molecule has 0 unspecified atom stereocenters. The van der Waals surface area contributed by atoms with E-state index in [0.717, 1.165) is 60.0 Å². The van der Waals surface area contributed by atoms with Crippen LogP contribution in [0.4, 0.5) is 17.5 Å². The van der Waals surface area contributed by atoms with Gasteiger partial charge in [-0.05, 0) is 84.9 Å². The van der Waals surface area contributed by atoms with Crippen LogP contribution >= 0.6 is 0 Å². The molecular weight excluding hydrogens is 508 g/mol. The highest BCUT2D eigenvalue weighted by atomic mass is 16.6. The Hall–Kier alpha value is -4.09. The minimum atomic E-state index is -0.388. The van der Waals surface area contributed by atoms with E-state index in [1.807, 2.05) is 24.3 Å². The Morgan fingerprint density at radius 1 is 1.07 bits per heavy atom. The van der Waals surface area contributed by atoms with Crippen molar-refractivity contribution in [2.75, 3.05) is 30.3 Å². The minimum absolute atomic E-state index is 0.0235. The lowest BCUT2D eigenvalue weighted by Gasteiger charge is -2.27. The van der Waals surface area contributed by atoms with Gasteiger partial charge >= 0.3 is 5.69 Å². The molecule has 212 valence electrons. The first-order chi connectivity index (χ1) is 19.3. The zero-order chi connectivity index (χ0) is 28.5. The fraction of sp³-hybridized carbons (Fsp3) is 0.414. The Morgan fingerprint density at radius 3 is 2.55 bits per heavy atom. The molecule has 1 aliphatic rings. The van der Waals surface area contributed by atoms with Gasteiger partial charge in [-0.2, -0.15) is 4.98 Å². The zero-order valence-electron chi connectivity index (χ0n) is 22.9. The molecule has 0 spiro atoms. The Labute approximate surface area is 234 Å². The number of amides is 1. The summed E-state index contributed by atoms with van der Waals surface area (Å²) in [4.78, 5) is 31.3. The second-order valence-corrected chi connectivity index (χ2v) is 10.4. The highest BCUT2D eigenvalue weighted by molar-refractivity contribution is 5.76. The predicted octanol–water partition coefficient (Wildman–Crippen LogP) is 3.62. The van der Waals surface area contributed by atoms with Gasteiger partial charge in [0.2, 0.25) is 17.7 Å². The van der Waals surface area contributed by atoms with Crippen LogP contribution in [-0.4, -0.2) is 45.6 Å². The van der Waals surface area contributed by atoms with Crippen molar-refractivity contribution >= 4 is 23.4 Å². The molecule has 1 heterocycles. The van der Waals surface area contributed by atoms with E-state index in [-0.39, 0.29) is 23.1 Å². The molecule has 1 aliphatic carbocycles. The first-order valence-corrected chi connectivity index (χ1v) is 13.7. The van der Waals surface area contributed by atoms with Crippen molar-refractivity contribution in [2.45, 2.75) is 45.7 Å². The summed E-state index contributed by atoms with van der Waals surface area (Å²) in [5, 5.41) is 19.1. The van der Waals surface area contributed by atoms with Crippen molar-refractivity contribution in [3.05, 3.63) is 70.3 Å². The van der Waals surface area contributed by atoms with Crippen LogP contribution in [0.25, 0.3) is 11.1 Å². The number of rotatable bonds is 13. The molecular formula is C29H39N8O3+. The van der Waals surface area contributed by atoms with E-state index in [0.29, 0.717) is 43.2 Å². The van der Waals surface area contributed by atoms with E-state index in [9.17, 15) is 14.9 Å². The van der Waals surface area contributed by atoms with Gasteiger partial charge in [0, 0.05) is 19.6 Å². The first kappa shape index (κ1) is 28.9. The Balaban J connectivity index is 1.43. The Bertz CT molecular complexity index is 1320. The summed E-state index contributed by atoms with van der Waals surface area (Å²) in [6, 6.07) is 14.3. The van der Waals surface area contributed by atoms with Crippen LogP contribution in [-0.2, 0) is 17.9 Å². The molecule has 8 N–H and O–H groups in total. The Morgan fingerprint density at radius 2 is 1.82 bits per heavy atom. The molecule has 1 amide bonds. The lowest BCUT2D eigenvalue weighted by Crippen LogP contribution is -2.28. The van der Waals surface area contributed by atoms with Crippen LogP contribution in [0.15, 0.2) is 48.7 Å². The lowest BCUT2D eigenvalue weighted by atomic mass is 9.82. The SMILES string of the molecule is Cc1c(CNc2ncc([N+](=O)O)c(NC[C@H]3CC[C@H](CN)CC3)n2)cccc1-c1cccc(CNCC(N)=O)c1. The molecule has 1 fully saturated rings. The van der Waals surface area contributed by atoms with Gasteiger partial charge in [-0.25, -0.2) is 10.2 Å². The van der Waals surface area contributed by atoms with Crippen LogP contribution in [0.2, 0.25) is 0 Å². The maximum absolute atomic E-state index is 11.7. The number of carbonyl (C=O) groups is 1. The van der Waals surface area contributed by atoms with E-state index >= 15 is 0 Å². The van der Waals surface area contributed by atoms with Crippen molar-refractivity contribution in [2.24, 2.45) is 23.3 Å².